The van der Waals surface area contributed by atoms with E-state index in [2.05, 4.69) is 48.8 Å². The maximum atomic E-state index is 12.2. The smallest absolute Gasteiger partial charge is 0.0921 e. The number of hydrogen-bond donors (Lipinski definition) is 0. The number of rotatable bonds is 1. The van der Waals surface area contributed by atoms with Crippen molar-refractivity contribution in [2.24, 2.45) is 0 Å². The van der Waals surface area contributed by atoms with E-state index < -0.39 is 0 Å². The lowest BCUT2D eigenvalue weighted by Crippen LogP contribution is -3.00. The van der Waals surface area contributed by atoms with Gasteiger partial charge in [-0.25, -0.2) is 0 Å². The molecule has 0 bridgehead atoms. The van der Waals surface area contributed by atoms with Crippen LogP contribution in [-0.4, -0.2) is 47.8 Å². The lowest BCUT2D eigenvalue weighted by Gasteiger charge is -2.52. The second kappa shape index (κ2) is 4.45. The summed E-state index contributed by atoms with van der Waals surface area (Å²) in [5.74, 6) is 0. The topological polar surface area (TPSA) is 23.1 Å². The molecule has 0 aromatic rings. The molecule has 0 amide bonds. The van der Waals surface area contributed by atoms with Crippen molar-refractivity contribution in [2.45, 2.75) is 57.7 Å². The van der Waals surface area contributed by atoms with Crippen LogP contribution < -0.4 is 12.4 Å². The third-order valence-electron chi connectivity index (χ3n) is 3.67. The van der Waals surface area contributed by atoms with Gasteiger partial charge in [-0.1, -0.05) is 0 Å². The van der Waals surface area contributed by atoms with Crippen molar-refractivity contribution < 1.29 is 22.1 Å². The molecule has 1 saturated heterocycles. The molecule has 1 radical (unpaired) electrons. The summed E-state index contributed by atoms with van der Waals surface area (Å²) in [6, 6.07) is 0.570. The zero-order chi connectivity index (χ0) is 12.1. The summed E-state index contributed by atoms with van der Waals surface area (Å²) in [4.78, 5) is 0. The molecule has 3 nitrogen and oxygen atoms in total. The summed E-state index contributed by atoms with van der Waals surface area (Å²) in [7, 11) is 6.66. The molecule has 1 rings (SSSR count). The third kappa shape index (κ3) is 3.10. The van der Waals surface area contributed by atoms with Crippen LogP contribution in [0.15, 0.2) is 0 Å². The molecule has 1 aliphatic heterocycles. The van der Waals surface area contributed by atoms with Crippen LogP contribution in [0.1, 0.15) is 40.5 Å². The van der Waals surface area contributed by atoms with Crippen LogP contribution in [0.4, 0.5) is 0 Å². The molecule has 0 aliphatic carbocycles. The van der Waals surface area contributed by atoms with Crippen molar-refractivity contribution in [1.29, 1.82) is 0 Å². The van der Waals surface area contributed by atoms with Crippen molar-refractivity contribution in [3.8, 4) is 0 Å². The summed E-state index contributed by atoms with van der Waals surface area (Å²) in [6.07, 6.45) is 1.95. The van der Waals surface area contributed by atoms with Crippen molar-refractivity contribution >= 4 is 0 Å². The maximum Gasteiger partial charge on any atom is 0.0921 e. The number of quaternary nitrogens is 1. The molecule has 16 heavy (non-hydrogen) atoms. The Balaban J connectivity index is 0.00000225. The van der Waals surface area contributed by atoms with Crippen molar-refractivity contribution in [3.63, 3.8) is 0 Å². The summed E-state index contributed by atoms with van der Waals surface area (Å²) < 4.78 is 0.945. The van der Waals surface area contributed by atoms with Crippen molar-refractivity contribution in [1.82, 2.24) is 5.06 Å². The van der Waals surface area contributed by atoms with Gasteiger partial charge < -0.3 is 16.9 Å². The Morgan fingerprint density at radius 3 is 1.56 bits per heavy atom. The van der Waals surface area contributed by atoms with Crippen LogP contribution in [0.3, 0.4) is 0 Å². The fourth-order valence-electron chi connectivity index (χ4n) is 2.76. The monoisotopic (exact) mass is 249 g/mol. The average molecular weight is 250 g/mol. The van der Waals surface area contributed by atoms with E-state index >= 15 is 0 Å². The zero-order valence-electron chi connectivity index (χ0n) is 11.7. The second-order valence-corrected chi connectivity index (χ2v) is 7.10. The largest absolute Gasteiger partial charge is 1.00 e. The molecular formula is C12H26ClN2O. The van der Waals surface area contributed by atoms with Gasteiger partial charge in [-0.2, -0.15) is 0 Å². The number of hydroxylamine groups is 2. The Morgan fingerprint density at radius 1 is 1.00 bits per heavy atom. The van der Waals surface area contributed by atoms with E-state index in [9.17, 15) is 5.21 Å². The molecule has 0 atom stereocenters. The number of halogens is 1. The molecule has 0 saturated carbocycles. The Kier molecular flexibility index (Phi) is 4.49. The Bertz CT molecular complexity index is 228. The number of piperidine rings is 1. The minimum atomic E-state index is -0.238. The molecule has 0 spiro atoms. The Hall–Kier alpha value is 0.170. The van der Waals surface area contributed by atoms with Gasteiger partial charge in [-0.15, -0.1) is 10.3 Å². The summed E-state index contributed by atoms with van der Waals surface area (Å²) in [5.41, 5.74) is -0.476. The molecule has 97 valence electrons. The van der Waals surface area contributed by atoms with Crippen LogP contribution in [0.5, 0.6) is 0 Å². The first-order valence-corrected chi connectivity index (χ1v) is 5.75. The predicted octanol–water partition coefficient (Wildman–Crippen LogP) is -0.936. The highest BCUT2D eigenvalue weighted by Gasteiger charge is 2.49. The van der Waals surface area contributed by atoms with E-state index in [0.29, 0.717) is 6.04 Å². The quantitative estimate of drug-likeness (QED) is 0.551. The fraction of sp³-hybridized carbons (Fsp3) is 1.00. The first-order valence-electron chi connectivity index (χ1n) is 5.75. The molecule has 0 aromatic carbocycles. The average Bonchev–Trinajstić information content (AvgIpc) is 1.97. The highest BCUT2D eigenvalue weighted by Crippen LogP contribution is 2.39. The lowest BCUT2D eigenvalue weighted by atomic mass is 9.78. The molecule has 1 heterocycles. The highest BCUT2D eigenvalue weighted by atomic mass is 35.5. The second-order valence-electron chi connectivity index (χ2n) is 7.10. The van der Waals surface area contributed by atoms with Gasteiger partial charge >= 0.3 is 0 Å². The molecule has 1 fully saturated rings. The number of hydrogen-bond acceptors (Lipinski definition) is 1. The van der Waals surface area contributed by atoms with Crippen LogP contribution in [-0.2, 0) is 5.21 Å². The zero-order valence-corrected chi connectivity index (χ0v) is 12.4. The highest BCUT2D eigenvalue weighted by molar-refractivity contribution is 4.96. The van der Waals surface area contributed by atoms with Crippen LogP contribution in [0.25, 0.3) is 0 Å². The third-order valence-corrected chi connectivity index (χ3v) is 3.67. The minimum absolute atomic E-state index is 0. The first kappa shape index (κ1) is 16.2. The van der Waals surface area contributed by atoms with Gasteiger partial charge in [0.2, 0.25) is 0 Å². The summed E-state index contributed by atoms with van der Waals surface area (Å²) in [5, 5.41) is 13.4. The van der Waals surface area contributed by atoms with E-state index in [1.807, 2.05) is 0 Å². The van der Waals surface area contributed by atoms with Crippen molar-refractivity contribution in [2.75, 3.05) is 21.1 Å². The fourth-order valence-corrected chi connectivity index (χ4v) is 2.76. The molecule has 0 N–H and O–H groups in total. The lowest BCUT2D eigenvalue weighted by molar-refractivity contribution is -0.899. The first-order chi connectivity index (χ1) is 6.47. The molecule has 1 aliphatic rings. The Morgan fingerprint density at radius 2 is 1.31 bits per heavy atom. The van der Waals surface area contributed by atoms with Crippen molar-refractivity contribution in [3.05, 3.63) is 0 Å². The van der Waals surface area contributed by atoms with E-state index in [1.54, 1.807) is 0 Å². The normalized spacial score (nSPS) is 26.2. The van der Waals surface area contributed by atoms with Crippen LogP contribution in [0.2, 0.25) is 0 Å². The standard InChI is InChI=1S/C12H26N2O.ClH/c1-11(2)8-10(14(5,6)7)9-12(3,4)13(11)15;/h10H,8-9H2,1-7H3;1H/q+1;/p-1. The SMILES string of the molecule is CC1(C)CC([N+](C)(C)C)CC(C)(C)N1[O].[Cl-]. The summed E-state index contributed by atoms with van der Waals surface area (Å²) >= 11 is 0. The van der Waals surface area contributed by atoms with E-state index in [-0.39, 0.29) is 23.5 Å². The molecule has 0 aromatic heterocycles. The molecule has 0 unspecified atom stereocenters. The maximum absolute atomic E-state index is 12.2. The van der Waals surface area contributed by atoms with Gasteiger partial charge in [0.15, 0.2) is 0 Å². The predicted molar refractivity (Wildman–Crippen MR) is 61.7 cm³/mol. The minimum Gasteiger partial charge on any atom is -1.00 e. The van der Waals surface area contributed by atoms with Crippen LogP contribution >= 0.6 is 0 Å². The van der Waals surface area contributed by atoms with E-state index in [1.165, 1.54) is 5.06 Å². The van der Waals surface area contributed by atoms with E-state index in [4.69, 9.17) is 0 Å². The van der Waals surface area contributed by atoms with Crippen LogP contribution in [0, 0.1) is 0 Å². The molecule has 4 heteroatoms. The van der Waals surface area contributed by atoms with Gasteiger partial charge in [0.1, 0.15) is 0 Å². The Labute approximate surface area is 106 Å². The van der Waals surface area contributed by atoms with Gasteiger partial charge in [0.05, 0.1) is 27.2 Å². The van der Waals surface area contributed by atoms with Gasteiger partial charge in [-0.3, -0.25) is 0 Å². The number of nitrogens with zero attached hydrogens (tertiary/aromatic N) is 2. The van der Waals surface area contributed by atoms with Gasteiger partial charge in [-0.05, 0) is 27.7 Å². The summed E-state index contributed by atoms with van der Waals surface area (Å²) in [6.45, 7) is 8.24. The van der Waals surface area contributed by atoms with E-state index in [0.717, 1.165) is 17.3 Å². The van der Waals surface area contributed by atoms with Gasteiger partial charge in [0.25, 0.3) is 0 Å². The molecular weight excluding hydrogens is 224 g/mol. The van der Waals surface area contributed by atoms with Gasteiger partial charge in [0, 0.05) is 23.9 Å².